The van der Waals surface area contributed by atoms with Crippen LogP contribution in [-0.2, 0) is 6.42 Å². The zero-order chi connectivity index (χ0) is 30.9. The number of hydrogen-bond donors (Lipinski definition) is 1. The highest BCUT2D eigenvalue weighted by Gasteiger charge is 2.40. The molecule has 2 aliphatic rings. The van der Waals surface area contributed by atoms with Crippen LogP contribution in [-0.4, -0.2) is 32.2 Å². The van der Waals surface area contributed by atoms with Gasteiger partial charge in [-0.05, 0) is 85.6 Å². The molecule has 1 aliphatic heterocycles. The minimum Gasteiger partial charge on any atom is -0.396 e. The van der Waals surface area contributed by atoms with Crippen molar-refractivity contribution in [1.82, 2.24) is 4.90 Å². The summed E-state index contributed by atoms with van der Waals surface area (Å²) < 4.78 is 0.984. The number of aliphatic hydroxyl groups is 1. The lowest BCUT2D eigenvalue weighted by Gasteiger charge is -2.30. The summed E-state index contributed by atoms with van der Waals surface area (Å²) in [6.07, 6.45) is 20.6. The van der Waals surface area contributed by atoms with E-state index in [-0.39, 0.29) is 11.9 Å². The van der Waals surface area contributed by atoms with E-state index in [0.717, 1.165) is 55.0 Å². The van der Waals surface area contributed by atoms with Crippen LogP contribution in [0.25, 0.3) is 5.57 Å². The average molecular weight is 608 g/mol. The van der Waals surface area contributed by atoms with Crippen LogP contribution in [0, 0.1) is 5.92 Å². The van der Waals surface area contributed by atoms with Crippen LogP contribution in [0.15, 0.2) is 71.6 Å². The first-order valence-corrected chi connectivity index (χ1v) is 17.9. The second-order valence-corrected chi connectivity index (χ2v) is 13.5. The molecule has 0 bridgehead atoms. The van der Waals surface area contributed by atoms with Crippen LogP contribution in [0.3, 0.4) is 0 Å². The van der Waals surface area contributed by atoms with E-state index in [1.807, 2.05) is 0 Å². The Hall–Kier alpha value is -1.84. The fraction of sp³-hybridized carbons (Fsp3) is 0.579. The van der Waals surface area contributed by atoms with Crippen molar-refractivity contribution in [3.05, 3.63) is 82.8 Å². The minimum absolute atomic E-state index is 0.169. The Labute approximate surface area is 268 Å². The van der Waals surface area contributed by atoms with Crippen molar-refractivity contribution in [1.29, 1.82) is 0 Å². The lowest BCUT2D eigenvalue weighted by molar-refractivity contribution is 0.283. The number of hydrogen-bond acceptors (Lipinski definition) is 3. The van der Waals surface area contributed by atoms with E-state index >= 15 is 0 Å². The van der Waals surface area contributed by atoms with Crippen LogP contribution in [0.5, 0.6) is 0 Å². The molecule has 0 aromatic heterocycles. The van der Waals surface area contributed by atoms with Gasteiger partial charge in [-0.25, -0.2) is 0 Å². The summed E-state index contributed by atoms with van der Waals surface area (Å²) >= 11 is 7.70. The maximum atomic E-state index is 9.30. The molecule has 3 atom stereocenters. The van der Waals surface area contributed by atoms with E-state index in [0.29, 0.717) is 12.0 Å². The highest BCUT2D eigenvalue weighted by atomic mass is 32.2. The summed E-state index contributed by atoms with van der Waals surface area (Å²) in [5.74, 6) is 0.704. The molecular formula is C38H57NOS2. The van der Waals surface area contributed by atoms with Gasteiger partial charge in [0.25, 0.3) is 0 Å². The second kappa shape index (κ2) is 20.2. The number of allylic oxidation sites excluding steroid dienone is 5. The SMILES string of the molecule is C=C=C1C(C=C/C(CCC)=C(/C=C(\C)c2ccc(CC)cc2)CCCCCO)SC(=S)N1C1CCCC1CC.CCC. The Bertz CT molecular complexity index is 1110. The standard InChI is InChI=1S/C35H49NOS2.C3H8/c1-6-14-30(22-23-34-32(9-4)36(35(38)39-34)33-17-13-16-28(33)8-3)31(15-11-10-12-24-37)25-26(5)29-20-18-27(7-2)19-21-29;1-3-2/h18-23,25,28,33-34,37H,4,6-8,10-17,24H2,1-3,5H3;3H2,1-2H3/b23-22?,26-25+,31-30+;. The number of nitrogens with zero attached hydrogens (tertiary/aromatic N) is 1. The van der Waals surface area contributed by atoms with Crippen LogP contribution in [0.4, 0.5) is 0 Å². The fourth-order valence-electron chi connectivity index (χ4n) is 6.02. The molecule has 1 aliphatic carbocycles. The van der Waals surface area contributed by atoms with Crippen LogP contribution in [0.2, 0.25) is 0 Å². The zero-order valence-electron chi connectivity index (χ0n) is 27.4. The van der Waals surface area contributed by atoms with Gasteiger partial charge in [-0.2, -0.15) is 0 Å². The van der Waals surface area contributed by atoms with Gasteiger partial charge in [-0.1, -0.05) is 140 Å². The largest absolute Gasteiger partial charge is 0.396 e. The van der Waals surface area contributed by atoms with E-state index in [2.05, 4.69) is 101 Å². The van der Waals surface area contributed by atoms with Crippen LogP contribution >= 0.6 is 24.0 Å². The molecule has 3 rings (SSSR count). The van der Waals surface area contributed by atoms with Gasteiger partial charge < -0.3 is 10.0 Å². The van der Waals surface area contributed by atoms with Crippen molar-refractivity contribution in [3.8, 4) is 0 Å². The third-order valence-corrected chi connectivity index (χ3v) is 9.84. The molecule has 0 amide bonds. The highest BCUT2D eigenvalue weighted by Crippen LogP contribution is 2.43. The molecule has 1 N–H and O–H groups in total. The van der Waals surface area contributed by atoms with Crippen LogP contribution < -0.4 is 0 Å². The van der Waals surface area contributed by atoms with Crippen molar-refractivity contribution >= 4 is 33.9 Å². The van der Waals surface area contributed by atoms with Crippen LogP contribution in [0.1, 0.15) is 123 Å². The number of aliphatic hydroxyl groups excluding tert-OH is 1. The topological polar surface area (TPSA) is 23.5 Å². The van der Waals surface area contributed by atoms with E-state index in [9.17, 15) is 5.11 Å². The Kier molecular flexibility index (Phi) is 17.5. The molecule has 42 heavy (non-hydrogen) atoms. The first kappa shape index (κ1) is 36.4. The number of thioether (sulfide) groups is 1. The molecule has 4 heteroatoms. The summed E-state index contributed by atoms with van der Waals surface area (Å²) in [5.41, 5.74) is 11.2. The monoisotopic (exact) mass is 607 g/mol. The van der Waals surface area contributed by atoms with E-state index in [1.165, 1.54) is 60.0 Å². The number of benzene rings is 1. The molecule has 1 heterocycles. The van der Waals surface area contributed by atoms with Gasteiger partial charge in [0.2, 0.25) is 0 Å². The summed E-state index contributed by atoms with van der Waals surface area (Å²) in [7, 11) is 0. The van der Waals surface area contributed by atoms with E-state index in [1.54, 1.807) is 11.8 Å². The quantitative estimate of drug-likeness (QED) is 0.0983. The van der Waals surface area contributed by atoms with Gasteiger partial charge in [-0.3, -0.25) is 0 Å². The molecule has 1 aromatic carbocycles. The molecule has 1 aromatic rings. The maximum absolute atomic E-state index is 9.30. The summed E-state index contributed by atoms with van der Waals surface area (Å²) in [5, 5.41) is 9.47. The predicted molar refractivity (Wildman–Crippen MR) is 192 cm³/mol. The molecule has 0 radical (unpaired) electrons. The highest BCUT2D eigenvalue weighted by molar-refractivity contribution is 8.23. The fourth-order valence-corrected chi connectivity index (χ4v) is 7.60. The predicted octanol–water partition coefficient (Wildman–Crippen LogP) is 11.2. The molecule has 2 fully saturated rings. The third-order valence-electron chi connectivity index (χ3n) is 8.33. The normalized spacial score (nSPS) is 21.5. The van der Waals surface area contributed by atoms with Gasteiger partial charge in [0.15, 0.2) is 0 Å². The lowest BCUT2D eigenvalue weighted by Crippen LogP contribution is -2.36. The lowest BCUT2D eigenvalue weighted by atomic mass is 9.94. The first-order valence-electron chi connectivity index (χ1n) is 16.6. The maximum Gasteiger partial charge on any atom is 0.142 e. The zero-order valence-corrected chi connectivity index (χ0v) is 29.0. The average Bonchev–Trinajstić information content (AvgIpc) is 3.59. The molecule has 1 saturated carbocycles. The Morgan fingerprint density at radius 1 is 1.05 bits per heavy atom. The Balaban J connectivity index is 0.00000197. The number of unbranched alkanes of at least 4 members (excludes halogenated alkanes) is 2. The first-order chi connectivity index (χ1) is 20.4. The van der Waals surface area contributed by atoms with Gasteiger partial charge in [0.1, 0.15) is 4.32 Å². The van der Waals surface area contributed by atoms with E-state index < -0.39 is 0 Å². The number of thiocarbonyl (C=S) groups is 1. The second-order valence-electron chi connectivity index (χ2n) is 11.7. The van der Waals surface area contributed by atoms with Crippen molar-refractivity contribution in [2.75, 3.05) is 6.61 Å². The van der Waals surface area contributed by atoms with Crippen molar-refractivity contribution < 1.29 is 5.11 Å². The summed E-state index contributed by atoms with van der Waals surface area (Å²) in [6.45, 7) is 17.6. The molecule has 2 nitrogen and oxygen atoms in total. The molecule has 3 unspecified atom stereocenters. The van der Waals surface area contributed by atoms with Gasteiger partial charge >= 0.3 is 0 Å². The van der Waals surface area contributed by atoms with Crippen molar-refractivity contribution in [3.63, 3.8) is 0 Å². The number of aryl methyl sites for hydroxylation is 1. The number of rotatable bonds is 14. The van der Waals surface area contributed by atoms with Gasteiger partial charge in [0, 0.05) is 12.6 Å². The Morgan fingerprint density at radius 3 is 2.36 bits per heavy atom. The molecule has 232 valence electrons. The third kappa shape index (κ3) is 10.7. The van der Waals surface area contributed by atoms with Crippen molar-refractivity contribution in [2.24, 2.45) is 5.92 Å². The molecule has 0 spiro atoms. The summed E-state index contributed by atoms with van der Waals surface area (Å²) in [4.78, 5) is 2.40. The van der Waals surface area contributed by atoms with Gasteiger partial charge in [-0.15, -0.1) is 5.73 Å². The smallest absolute Gasteiger partial charge is 0.142 e. The Morgan fingerprint density at radius 2 is 1.76 bits per heavy atom. The van der Waals surface area contributed by atoms with Gasteiger partial charge in [0.05, 0.1) is 10.9 Å². The molecule has 1 saturated heterocycles. The van der Waals surface area contributed by atoms with Crippen molar-refractivity contribution in [2.45, 2.75) is 130 Å². The summed E-state index contributed by atoms with van der Waals surface area (Å²) in [6, 6.07) is 9.48. The minimum atomic E-state index is 0.169. The van der Waals surface area contributed by atoms with E-state index in [4.69, 9.17) is 12.2 Å². The molecular weight excluding hydrogens is 551 g/mol.